The molecule has 0 aliphatic carbocycles. The number of benzene rings is 1. The van der Waals surface area contributed by atoms with Gasteiger partial charge >= 0.3 is 6.03 Å². The van der Waals surface area contributed by atoms with E-state index in [4.69, 9.17) is 11.6 Å². The highest BCUT2D eigenvalue weighted by molar-refractivity contribution is 7.85. The first-order chi connectivity index (χ1) is 10.3. The number of imide groups is 1. The average Bonchev–Trinajstić information content (AvgIpc) is 2.64. The third kappa shape index (κ3) is 3.87. The van der Waals surface area contributed by atoms with Gasteiger partial charge in [0, 0.05) is 33.9 Å². The molecule has 0 saturated carbocycles. The Labute approximate surface area is 137 Å². The second kappa shape index (κ2) is 6.79. The lowest BCUT2D eigenvalue weighted by atomic mass is 10.1. The smallest absolute Gasteiger partial charge is 0.324 e. The fourth-order valence-electron chi connectivity index (χ4n) is 2.24. The standard InChI is InChI=1S/C15H19ClN2O3S/c1-15(2)13(19)18(14(20)17-15)8-10-22(21)9-7-11-5-3-4-6-12(11)16/h3-6H,7-10H2,1-2H3,(H,17,20). The normalized spacial score (nSPS) is 18.4. The third-order valence-electron chi connectivity index (χ3n) is 3.54. The summed E-state index contributed by atoms with van der Waals surface area (Å²) in [6, 6.07) is 7.02. The average molecular weight is 343 g/mol. The van der Waals surface area contributed by atoms with Crippen LogP contribution in [-0.4, -0.2) is 44.6 Å². The van der Waals surface area contributed by atoms with E-state index in [1.807, 2.05) is 18.2 Å². The zero-order valence-corrected chi connectivity index (χ0v) is 14.2. The van der Waals surface area contributed by atoms with Gasteiger partial charge in [-0.25, -0.2) is 4.79 Å². The summed E-state index contributed by atoms with van der Waals surface area (Å²) in [4.78, 5) is 24.8. The Bertz CT molecular complexity index is 619. The van der Waals surface area contributed by atoms with Crippen LogP contribution in [0, 0.1) is 0 Å². The maximum atomic E-state index is 12.1. The summed E-state index contributed by atoms with van der Waals surface area (Å²) >= 11 is 6.05. The quantitative estimate of drug-likeness (QED) is 0.804. The van der Waals surface area contributed by atoms with Crippen molar-refractivity contribution in [2.75, 3.05) is 18.1 Å². The van der Waals surface area contributed by atoms with Crippen LogP contribution in [0.15, 0.2) is 24.3 Å². The molecule has 1 N–H and O–H groups in total. The van der Waals surface area contributed by atoms with Crippen molar-refractivity contribution in [3.8, 4) is 0 Å². The lowest BCUT2D eigenvalue weighted by Gasteiger charge is -2.15. The SMILES string of the molecule is CC1(C)NC(=O)N(CCS(=O)CCc2ccccc2Cl)C1=O. The van der Waals surface area contributed by atoms with Crippen LogP contribution < -0.4 is 5.32 Å². The van der Waals surface area contributed by atoms with Crippen LogP contribution in [0.25, 0.3) is 0 Å². The molecule has 0 bridgehead atoms. The molecule has 5 nitrogen and oxygen atoms in total. The Morgan fingerprint density at radius 3 is 2.50 bits per heavy atom. The third-order valence-corrected chi connectivity index (χ3v) is 5.21. The number of amides is 3. The number of nitrogens with zero attached hydrogens (tertiary/aromatic N) is 1. The monoisotopic (exact) mass is 342 g/mol. The molecular weight excluding hydrogens is 324 g/mol. The molecule has 1 aliphatic rings. The molecule has 22 heavy (non-hydrogen) atoms. The predicted octanol–water partition coefficient (Wildman–Crippen LogP) is 1.96. The molecular formula is C15H19ClN2O3S. The molecule has 1 unspecified atom stereocenters. The topological polar surface area (TPSA) is 66.5 Å². The molecule has 1 aliphatic heterocycles. The van der Waals surface area contributed by atoms with E-state index in [9.17, 15) is 13.8 Å². The van der Waals surface area contributed by atoms with E-state index in [2.05, 4.69) is 5.32 Å². The largest absolute Gasteiger partial charge is 0.325 e. The summed E-state index contributed by atoms with van der Waals surface area (Å²) in [7, 11) is -1.11. The van der Waals surface area contributed by atoms with Gasteiger partial charge in [-0.1, -0.05) is 29.8 Å². The Hall–Kier alpha value is -1.40. The highest BCUT2D eigenvalue weighted by Gasteiger charge is 2.43. The Balaban J connectivity index is 1.83. The Morgan fingerprint density at radius 1 is 1.23 bits per heavy atom. The number of hydrogen-bond acceptors (Lipinski definition) is 3. The predicted molar refractivity (Wildman–Crippen MR) is 87.4 cm³/mol. The van der Waals surface area contributed by atoms with Gasteiger partial charge in [-0.05, 0) is 31.9 Å². The molecule has 120 valence electrons. The van der Waals surface area contributed by atoms with Crippen LogP contribution in [0.2, 0.25) is 5.02 Å². The molecule has 1 atom stereocenters. The molecule has 1 aromatic rings. The zero-order valence-electron chi connectivity index (χ0n) is 12.6. The van der Waals surface area contributed by atoms with Crippen molar-refractivity contribution in [1.82, 2.24) is 10.2 Å². The summed E-state index contributed by atoms with van der Waals surface area (Å²) in [6.07, 6.45) is 0.609. The van der Waals surface area contributed by atoms with E-state index in [1.165, 1.54) is 0 Å². The van der Waals surface area contributed by atoms with Crippen molar-refractivity contribution in [3.05, 3.63) is 34.9 Å². The fraction of sp³-hybridized carbons (Fsp3) is 0.467. The van der Waals surface area contributed by atoms with Crippen LogP contribution in [0.3, 0.4) is 0 Å². The van der Waals surface area contributed by atoms with Crippen molar-refractivity contribution in [2.45, 2.75) is 25.8 Å². The van der Waals surface area contributed by atoms with Crippen LogP contribution in [-0.2, 0) is 22.0 Å². The molecule has 0 spiro atoms. The molecule has 7 heteroatoms. The van der Waals surface area contributed by atoms with Crippen molar-refractivity contribution in [1.29, 1.82) is 0 Å². The zero-order chi connectivity index (χ0) is 16.3. The highest BCUT2D eigenvalue weighted by atomic mass is 35.5. The number of carbonyl (C=O) groups excluding carboxylic acids is 2. The van der Waals surface area contributed by atoms with Gasteiger partial charge in [0.25, 0.3) is 5.91 Å². The van der Waals surface area contributed by atoms with Crippen LogP contribution in [0.4, 0.5) is 4.79 Å². The van der Waals surface area contributed by atoms with Crippen molar-refractivity contribution in [2.24, 2.45) is 0 Å². The van der Waals surface area contributed by atoms with Gasteiger partial charge in [0.1, 0.15) is 5.54 Å². The first-order valence-electron chi connectivity index (χ1n) is 7.04. The number of halogens is 1. The summed E-state index contributed by atoms with van der Waals surface area (Å²) in [5.41, 5.74) is 0.0736. The molecule has 1 heterocycles. The van der Waals surface area contributed by atoms with Gasteiger partial charge in [0.2, 0.25) is 0 Å². The summed E-state index contributed by atoms with van der Waals surface area (Å²) < 4.78 is 12.1. The van der Waals surface area contributed by atoms with E-state index >= 15 is 0 Å². The maximum absolute atomic E-state index is 12.1. The number of urea groups is 1. The molecule has 1 fully saturated rings. The van der Waals surface area contributed by atoms with Crippen molar-refractivity contribution < 1.29 is 13.8 Å². The lowest BCUT2D eigenvalue weighted by Crippen LogP contribution is -2.40. The van der Waals surface area contributed by atoms with E-state index in [0.29, 0.717) is 17.2 Å². The maximum Gasteiger partial charge on any atom is 0.325 e. The van der Waals surface area contributed by atoms with Crippen LogP contribution >= 0.6 is 11.6 Å². The minimum atomic E-state index is -1.11. The Kier molecular flexibility index (Phi) is 5.24. The van der Waals surface area contributed by atoms with Gasteiger partial charge in [-0.2, -0.15) is 0 Å². The van der Waals surface area contributed by atoms with Gasteiger partial charge in [-0.3, -0.25) is 13.9 Å². The van der Waals surface area contributed by atoms with Crippen molar-refractivity contribution in [3.63, 3.8) is 0 Å². The number of hydrogen-bond donors (Lipinski definition) is 1. The highest BCUT2D eigenvalue weighted by Crippen LogP contribution is 2.17. The second-order valence-corrected chi connectivity index (χ2v) is 7.80. The van der Waals surface area contributed by atoms with Crippen LogP contribution in [0.1, 0.15) is 19.4 Å². The Morgan fingerprint density at radius 2 is 1.91 bits per heavy atom. The first kappa shape index (κ1) is 17.0. The molecule has 1 aromatic carbocycles. The second-order valence-electron chi connectivity index (χ2n) is 5.70. The minimum absolute atomic E-state index is 0.170. The van der Waals surface area contributed by atoms with Crippen molar-refractivity contribution >= 4 is 34.3 Å². The fourth-order valence-corrected chi connectivity index (χ4v) is 3.51. The van der Waals surface area contributed by atoms with Gasteiger partial charge < -0.3 is 5.32 Å². The van der Waals surface area contributed by atoms with E-state index in [1.54, 1.807) is 19.9 Å². The molecule has 0 radical (unpaired) electrons. The van der Waals surface area contributed by atoms with E-state index < -0.39 is 22.4 Å². The van der Waals surface area contributed by atoms with E-state index in [0.717, 1.165) is 10.5 Å². The molecule has 1 saturated heterocycles. The van der Waals surface area contributed by atoms with Gasteiger partial charge in [0.15, 0.2) is 0 Å². The lowest BCUT2D eigenvalue weighted by molar-refractivity contribution is -0.130. The van der Waals surface area contributed by atoms with Gasteiger partial charge in [0.05, 0.1) is 0 Å². The molecule has 3 amide bonds. The summed E-state index contributed by atoms with van der Waals surface area (Å²) in [5, 5.41) is 3.27. The number of carbonyl (C=O) groups is 2. The van der Waals surface area contributed by atoms with E-state index in [-0.39, 0.29) is 18.2 Å². The molecule has 2 rings (SSSR count). The minimum Gasteiger partial charge on any atom is -0.324 e. The number of nitrogens with one attached hydrogen (secondary N) is 1. The molecule has 0 aromatic heterocycles. The first-order valence-corrected chi connectivity index (χ1v) is 8.90. The number of rotatable bonds is 6. The van der Waals surface area contributed by atoms with Crippen LogP contribution in [0.5, 0.6) is 0 Å². The van der Waals surface area contributed by atoms with Gasteiger partial charge in [-0.15, -0.1) is 0 Å². The summed E-state index contributed by atoms with van der Waals surface area (Å²) in [5.74, 6) is 0.455. The number of aryl methyl sites for hydroxylation is 1. The summed E-state index contributed by atoms with van der Waals surface area (Å²) in [6.45, 7) is 3.48.